The molecule has 0 aromatic heterocycles. The van der Waals surface area contributed by atoms with Crippen molar-refractivity contribution in [2.45, 2.75) is 32.4 Å². The minimum Gasteiger partial charge on any atom is -0.478 e. The molecule has 0 bridgehead atoms. The predicted octanol–water partition coefficient (Wildman–Crippen LogP) is 2.77. The monoisotopic (exact) mass is 295 g/mol. The van der Waals surface area contributed by atoms with Crippen LogP contribution in [0.5, 0.6) is 0 Å². The van der Waals surface area contributed by atoms with Gasteiger partial charge in [-0.05, 0) is 49.4 Å². The summed E-state index contributed by atoms with van der Waals surface area (Å²) >= 11 is 0. The number of ether oxygens (including phenoxy) is 1. The Morgan fingerprint density at radius 3 is 2.81 bits per heavy atom. The van der Waals surface area contributed by atoms with E-state index >= 15 is 0 Å². The lowest BCUT2D eigenvalue weighted by Gasteiger charge is -2.29. The second-order valence-corrected chi connectivity index (χ2v) is 5.65. The summed E-state index contributed by atoms with van der Waals surface area (Å²) in [5.74, 6) is -0.764. The quantitative estimate of drug-likeness (QED) is 0.801. The van der Waals surface area contributed by atoms with Gasteiger partial charge in [-0.2, -0.15) is 0 Å². The zero-order valence-electron chi connectivity index (χ0n) is 12.5. The maximum atomic E-state index is 13.4. The Kier molecular flexibility index (Phi) is 5.31. The van der Waals surface area contributed by atoms with Crippen LogP contribution in [-0.4, -0.2) is 42.3 Å². The van der Waals surface area contributed by atoms with Gasteiger partial charge >= 0.3 is 5.97 Å². The summed E-state index contributed by atoms with van der Waals surface area (Å²) in [6, 6.07) is 4.20. The number of carbonyl (C=O) groups is 1. The Morgan fingerprint density at radius 2 is 2.24 bits per heavy atom. The van der Waals surface area contributed by atoms with E-state index in [1.54, 1.807) is 7.11 Å². The highest BCUT2D eigenvalue weighted by Crippen LogP contribution is 2.35. The highest BCUT2D eigenvalue weighted by molar-refractivity contribution is 5.89. The van der Waals surface area contributed by atoms with E-state index < -0.39 is 11.8 Å². The average Bonchev–Trinajstić information content (AvgIpc) is 3.26. The fraction of sp³-hybridized carbons (Fsp3) is 0.562. The number of carboxylic acids is 1. The zero-order chi connectivity index (χ0) is 15.4. The van der Waals surface area contributed by atoms with Gasteiger partial charge in [-0.25, -0.2) is 9.18 Å². The van der Waals surface area contributed by atoms with E-state index in [1.807, 2.05) is 0 Å². The molecule has 1 aliphatic carbocycles. The van der Waals surface area contributed by atoms with Crippen LogP contribution < -0.4 is 0 Å². The van der Waals surface area contributed by atoms with Crippen molar-refractivity contribution in [2.75, 3.05) is 20.3 Å². The first-order valence-electron chi connectivity index (χ1n) is 7.27. The second kappa shape index (κ2) is 7.00. The van der Waals surface area contributed by atoms with Gasteiger partial charge in [0.15, 0.2) is 0 Å². The van der Waals surface area contributed by atoms with Crippen LogP contribution in [0.25, 0.3) is 0 Å². The third-order valence-electron chi connectivity index (χ3n) is 4.13. The summed E-state index contributed by atoms with van der Waals surface area (Å²) in [4.78, 5) is 13.5. The number of hydrogen-bond donors (Lipinski definition) is 1. The zero-order valence-corrected chi connectivity index (χ0v) is 12.5. The Hall–Kier alpha value is -1.46. The van der Waals surface area contributed by atoms with Crippen LogP contribution >= 0.6 is 0 Å². The molecule has 1 fully saturated rings. The first-order chi connectivity index (χ1) is 10.0. The summed E-state index contributed by atoms with van der Waals surface area (Å²) in [5, 5.41) is 9.24. The first kappa shape index (κ1) is 15.9. The maximum Gasteiger partial charge on any atom is 0.336 e. The molecule has 5 heteroatoms. The van der Waals surface area contributed by atoms with E-state index in [0.717, 1.165) is 0 Å². The minimum atomic E-state index is -1.02. The highest BCUT2D eigenvalue weighted by Gasteiger charge is 2.32. The number of aromatic carboxylic acids is 1. The van der Waals surface area contributed by atoms with Crippen molar-refractivity contribution in [3.05, 3.63) is 35.1 Å². The standard InChI is InChI=1S/C16H22FNO3/c1-11(12-3-4-12)18(7-8-21-2)10-13-9-14(17)5-6-15(13)16(19)20/h5-6,9,11-12H,3-4,7-8,10H2,1-2H3,(H,19,20). The van der Waals surface area contributed by atoms with Gasteiger partial charge in [-0.3, -0.25) is 4.90 Å². The molecule has 0 heterocycles. The molecule has 0 amide bonds. The normalized spacial score (nSPS) is 16.2. The van der Waals surface area contributed by atoms with Gasteiger partial charge in [-0.15, -0.1) is 0 Å². The molecule has 1 aromatic rings. The number of methoxy groups -OCH3 is 1. The van der Waals surface area contributed by atoms with Crippen molar-refractivity contribution < 1.29 is 19.0 Å². The summed E-state index contributed by atoms with van der Waals surface area (Å²) in [6.45, 7) is 3.87. The van der Waals surface area contributed by atoms with E-state index in [9.17, 15) is 14.3 Å². The van der Waals surface area contributed by atoms with Gasteiger partial charge in [0.2, 0.25) is 0 Å². The second-order valence-electron chi connectivity index (χ2n) is 5.65. The molecule has 0 aliphatic heterocycles. The van der Waals surface area contributed by atoms with Crippen molar-refractivity contribution in [1.29, 1.82) is 0 Å². The molecule has 1 aromatic carbocycles. The van der Waals surface area contributed by atoms with Gasteiger partial charge in [0, 0.05) is 26.2 Å². The number of halogens is 1. The topological polar surface area (TPSA) is 49.8 Å². The third-order valence-corrected chi connectivity index (χ3v) is 4.13. The molecular formula is C16H22FNO3. The van der Waals surface area contributed by atoms with Crippen LogP contribution in [-0.2, 0) is 11.3 Å². The molecule has 2 rings (SSSR count). The van der Waals surface area contributed by atoms with E-state index in [0.29, 0.717) is 37.2 Å². The molecule has 0 saturated heterocycles. The maximum absolute atomic E-state index is 13.4. The van der Waals surface area contributed by atoms with Crippen LogP contribution in [0.3, 0.4) is 0 Å². The lowest BCUT2D eigenvalue weighted by atomic mass is 10.0. The molecule has 1 saturated carbocycles. The lowest BCUT2D eigenvalue weighted by Crippen LogP contribution is -2.37. The minimum absolute atomic E-state index is 0.168. The molecule has 1 aliphatic rings. The average molecular weight is 295 g/mol. The SMILES string of the molecule is COCCN(Cc1cc(F)ccc1C(=O)O)C(C)C1CC1. The molecule has 1 atom stereocenters. The summed E-state index contributed by atoms with van der Waals surface area (Å²) in [7, 11) is 1.64. The molecule has 0 spiro atoms. The molecular weight excluding hydrogens is 273 g/mol. The number of hydrogen-bond acceptors (Lipinski definition) is 3. The van der Waals surface area contributed by atoms with Crippen LogP contribution in [0, 0.1) is 11.7 Å². The summed E-state index contributed by atoms with van der Waals surface area (Å²) < 4.78 is 18.6. The Labute approximate surface area is 124 Å². The lowest BCUT2D eigenvalue weighted by molar-refractivity contribution is 0.0691. The van der Waals surface area contributed by atoms with Crippen LogP contribution in [0.1, 0.15) is 35.7 Å². The molecule has 21 heavy (non-hydrogen) atoms. The first-order valence-corrected chi connectivity index (χ1v) is 7.27. The number of rotatable bonds is 8. The summed E-state index contributed by atoms with van der Waals surface area (Å²) in [6.07, 6.45) is 2.42. The number of carboxylic acid groups (broad SMARTS) is 1. The van der Waals surface area contributed by atoms with Crippen LogP contribution in [0.4, 0.5) is 4.39 Å². The largest absolute Gasteiger partial charge is 0.478 e. The third kappa shape index (κ3) is 4.25. The van der Waals surface area contributed by atoms with E-state index in [1.165, 1.54) is 31.0 Å². The van der Waals surface area contributed by atoms with Gasteiger partial charge < -0.3 is 9.84 Å². The van der Waals surface area contributed by atoms with Crippen molar-refractivity contribution in [2.24, 2.45) is 5.92 Å². The summed E-state index contributed by atoms with van der Waals surface area (Å²) in [5.41, 5.74) is 0.688. The van der Waals surface area contributed by atoms with E-state index in [2.05, 4.69) is 11.8 Å². The Bertz CT molecular complexity index is 502. The van der Waals surface area contributed by atoms with Crippen molar-refractivity contribution in [3.63, 3.8) is 0 Å². The van der Waals surface area contributed by atoms with E-state index in [4.69, 9.17) is 4.74 Å². The van der Waals surface area contributed by atoms with Crippen molar-refractivity contribution in [1.82, 2.24) is 4.90 Å². The smallest absolute Gasteiger partial charge is 0.336 e. The van der Waals surface area contributed by atoms with Crippen molar-refractivity contribution >= 4 is 5.97 Å². The Morgan fingerprint density at radius 1 is 1.52 bits per heavy atom. The molecule has 0 radical (unpaired) electrons. The van der Waals surface area contributed by atoms with Crippen LogP contribution in [0.2, 0.25) is 0 Å². The number of benzene rings is 1. The van der Waals surface area contributed by atoms with Gasteiger partial charge in [0.1, 0.15) is 5.82 Å². The van der Waals surface area contributed by atoms with Gasteiger partial charge in [-0.1, -0.05) is 0 Å². The molecule has 1 unspecified atom stereocenters. The van der Waals surface area contributed by atoms with Gasteiger partial charge in [0.05, 0.1) is 12.2 Å². The van der Waals surface area contributed by atoms with Gasteiger partial charge in [0.25, 0.3) is 0 Å². The fourth-order valence-electron chi connectivity index (χ4n) is 2.63. The molecule has 116 valence electrons. The molecule has 1 N–H and O–H groups in total. The molecule has 4 nitrogen and oxygen atoms in total. The van der Waals surface area contributed by atoms with Crippen LogP contribution in [0.15, 0.2) is 18.2 Å². The Balaban J connectivity index is 2.18. The number of nitrogens with zero attached hydrogens (tertiary/aromatic N) is 1. The fourth-order valence-corrected chi connectivity index (χ4v) is 2.63. The van der Waals surface area contributed by atoms with Crippen molar-refractivity contribution in [3.8, 4) is 0 Å². The predicted molar refractivity (Wildman–Crippen MR) is 77.8 cm³/mol. The highest BCUT2D eigenvalue weighted by atomic mass is 19.1. The van der Waals surface area contributed by atoms with E-state index in [-0.39, 0.29) is 5.56 Å².